The number of anilines is 1. The molecule has 0 unspecified atom stereocenters. The first-order valence-electron chi connectivity index (χ1n) is 8.25. The zero-order chi connectivity index (χ0) is 17.1. The smallest absolute Gasteiger partial charge is 0.207 e. The van der Waals surface area contributed by atoms with Crippen LogP contribution in [0, 0.1) is 0 Å². The van der Waals surface area contributed by atoms with E-state index in [0.29, 0.717) is 11.1 Å². The lowest BCUT2D eigenvalue weighted by Crippen LogP contribution is -2.30. The molecule has 0 amide bonds. The number of nitrogens with one attached hydrogen (secondary N) is 3. The third-order valence-electron chi connectivity index (χ3n) is 4.13. The number of thiocarbonyl (C=S) groups is 1. The molecule has 1 aromatic heterocycles. The second-order valence-corrected chi connectivity index (χ2v) is 6.32. The topological polar surface area (TPSA) is 52.7 Å². The van der Waals surface area contributed by atoms with E-state index >= 15 is 0 Å². The molecule has 0 aliphatic heterocycles. The highest BCUT2D eigenvalue weighted by Gasteiger charge is 2.04. The van der Waals surface area contributed by atoms with Gasteiger partial charge in [-0.1, -0.05) is 54.6 Å². The maximum Gasteiger partial charge on any atom is 0.207 e. The highest BCUT2D eigenvalue weighted by Crippen LogP contribution is 2.16. The van der Waals surface area contributed by atoms with E-state index < -0.39 is 0 Å². The van der Waals surface area contributed by atoms with Gasteiger partial charge in [0.2, 0.25) is 5.95 Å². The second kappa shape index (κ2) is 6.91. The minimum atomic E-state index is 0.569. The van der Waals surface area contributed by atoms with Crippen LogP contribution in [0.3, 0.4) is 0 Å². The van der Waals surface area contributed by atoms with Gasteiger partial charge in [0.1, 0.15) is 0 Å². The predicted molar refractivity (Wildman–Crippen MR) is 108 cm³/mol. The SMILES string of the molecule is S=C(NCCc1ccc2ccccc2c1)Nc1nc2ccccc2[nH]1. The molecule has 1 heterocycles. The lowest BCUT2D eigenvalue weighted by Gasteiger charge is -2.09. The van der Waals surface area contributed by atoms with Gasteiger partial charge >= 0.3 is 0 Å². The maximum absolute atomic E-state index is 5.35. The number of fused-ring (bicyclic) bond motifs is 2. The van der Waals surface area contributed by atoms with E-state index in [2.05, 4.69) is 63.1 Å². The molecule has 3 N–H and O–H groups in total. The number of imidazole rings is 1. The Morgan fingerprint density at radius 3 is 2.64 bits per heavy atom. The fourth-order valence-electron chi connectivity index (χ4n) is 2.88. The minimum absolute atomic E-state index is 0.569. The fraction of sp³-hybridized carbons (Fsp3) is 0.100. The van der Waals surface area contributed by atoms with Crippen molar-refractivity contribution in [3.63, 3.8) is 0 Å². The molecular weight excluding hydrogens is 328 g/mol. The summed E-state index contributed by atoms with van der Waals surface area (Å²) in [5.74, 6) is 0.657. The van der Waals surface area contributed by atoms with Crippen molar-refractivity contribution < 1.29 is 0 Å². The quantitative estimate of drug-likeness (QED) is 0.484. The Labute approximate surface area is 151 Å². The van der Waals surface area contributed by atoms with E-state index in [4.69, 9.17) is 12.2 Å². The molecule has 5 heteroatoms. The van der Waals surface area contributed by atoms with Crippen LogP contribution in [0.1, 0.15) is 5.56 Å². The maximum atomic E-state index is 5.35. The molecule has 124 valence electrons. The predicted octanol–water partition coefficient (Wildman–Crippen LogP) is 4.25. The van der Waals surface area contributed by atoms with Crippen molar-refractivity contribution in [1.82, 2.24) is 15.3 Å². The number of aromatic nitrogens is 2. The lowest BCUT2D eigenvalue weighted by molar-refractivity contribution is 0.873. The van der Waals surface area contributed by atoms with Gasteiger partial charge in [0.15, 0.2) is 5.11 Å². The van der Waals surface area contributed by atoms with E-state index in [1.54, 1.807) is 0 Å². The van der Waals surface area contributed by atoms with Crippen LogP contribution in [0.4, 0.5) is 5.95 Å². The first kappa shape index (κ1) is 15.6. The first-order chi connectivity index (χ1) is 12.3. The zero-order valence-electron chi connectivity index (χ0n) is 13.6. The van der Waals surface area contributed by atoms with Crippen LogP contribution in [0.15, 0.2) is 66.7 Å². The van der Waals surface area contributed by atoms with Crippen LogP contribution >= 0.6 is 12.2 Å². The van der Waals surface area contributed by atoms with Crippen LogP contribution < -0.4 is 10.6 Å². The molecule has 25 heavy (non-hydrogen) atoms. The molecule has 4 rings (SSSR count). The number of H-pyrrole nitrogens is 1. The van der Waals surface area contributed by atoms with Gasteiger partial charge in [-0.2, -0.15) is 0 Å². The van der Waals surface area contributed by atoms with Gasteiger partial charge in [-0.05, 0) is 47.1 Å². The normalized spacial score (nSPS) is 10.9. The number of hydrogen-bond acceptors (Lipinski definition) is 2. The summed E-state index contributed by atoms with van der Waals surface area (Å²) in [6.45, 7) is 0.768. The van der Waals surface area contributed by atoms with Crippen LogP contribution in [-0.2, 0) is 6.42 Å². The first-order valence-corrected chi connectivity index (χ1v) is 8.66. The summed E-state index contributed by atoms with van der Waals surface area (Å²) in [4.78, 5) is 7.66. The number of aromatic amines is 1. The summed E-state index contributed by atoms with van der Waals surface area (Å²) in [6, 6.07) is 22.9. The summed E-state index contributed by atoms with van der Waals surface area (Å²) in [5, 5.41) is 9.43. The van der Waals surface area contributed by atoms with Crippen molar-refractivity contribution >= 4 is 45.1 Å². The summed E-state index contributed by atoms with van der Waals surface area (Å²) in [6.07, 6.45) is 0.910. The van der Waals surface area contributed by atoms with E-state index in [1.165, 1.54) is 16.3 Å². The fourth-order valence-corrected chi connectivity index (χ4v) is 3.08. The Kier molecular flexibility index (Phi) is 4.31. The number of hydrogen-bond donors (Lipinski definition) is 3. The molecule has 0 saturated carbocycles. The highest BCUT2D eigenvalue weighted by molar-refractivity contribution is 7.80. The summed E-state index contributed by atoms with van der Waals surface area (Å²) < 4.78 is 0. The number of para-hydroxylation sites is 2. The standard InChI is InChI=1S/C20H18N4S/c25-20(24-19-22-17-7-3-4-8-18(17)23-19)21-12-11-14-9-10-15-5-1-2-6-16(15)13-14/h1-10,13H,11-12H2,(H3,21,22,23,24,25). The Balaban J connectivity index is 1.33. The van der Waals surface area contributed by atoms with Crippen LogP contribution in [-0.4, -0.2) is 21.6 Å². The van der Waals surface area contributed by atoms with Gasteiger partial charge in [0.05, 0.1) is 11.0 Å². The van der Waals surface area contributed by atoms with Crippen molar-refractivity contribution in [3.05, 3.63) is 72.3 Å². The summed E-state index contributed by atoms with van der Waals surface area (Å²) in [5.41, 5.74) is 3.20. The average molecular weight is 346 g/mol. The average Bonchev–Trinajstić information content (AvgIpc) is 3.03. The molecule has 4 aromatic rings. The molecule has 3 aromatic carbocycles. The Morgan fingerprint density at radius 1 is 0.960 bits per heavy atom. The molecule has 0 fully saturated rings. The molecule has 0 saturated heterocycles. The lowest BCUT2D eigenvalue weighted by atomic mass is 10.1. The summed E-state index contributed by atoms with van der Waals surface area (Å²) >= 11 is 5.35. The van der Waals surface area contributed by atoms with Crippen molar-refractivity contribution in [2.24, 2.45) is 0 Å². The Bertz CT molecular complexity index is 1000. The molecule has 0 atom stereocenters. The zero-order valence-corrected chi connectivity index (χ0v) is 14.4. The van der Waals surface area contributed by atoms with Gasteiger partial charge in [0.25, 0.3) is 0 Å². The highest BCUT2D eigenvalue weighted by atomic mass is 32.1. The summed E-state index contributed by atoms with van der Waals surface area (Å²) in [7, 11) is 0. The number of benzene rings is 3. The van der Waals surface area contributed by atoms with Crippen LogP contribution in [0.2, 0.25) is 0 Å². The Hall–Kier alpha value is -2.92. The van der Waals surface area contributed by atoms with Gasteiger partial charge in [0, 0.05) is 6.54 Å². The van der Waals surface area contributed by atoms with E-state index in [-0.39, 0.29) is 0 Å². The van der Waals surface area contributed by atoms with Crippen LogP contribution in [0.5, 0.6) is 0 Å². The number of rotatable bonds is 4. The van der Waals surface area contributed by atoms with Crippen molar-refractivity contribution in [2.75, 3.05) is 11.9 Å². The largest absolute Gasteiger partial charge is 0.362 e. The molecule has 0 aliphatic carbocycles. The third kappa shape index (κ3) is 3.61. The van der Waals surface area contributed by atoms with E-state index in [0.717, 1.165) is 24.0 Å². The molecule has 4 nitrogen and oxygen atoms in total. The molecule has 0 aliphatic rings. The van der Waals surface area contributed by atoms with Crippen LogP contribution in [0.25, 0.3) is 21.8 Å². The van der Waals surface area contributed by atoms with Crippen molar-refractivity contribution in [3.8, 4) is 0 Å². The van der Waals surface area contributed by atoms with Gasteiger partial charge in [-0.15, -0.1) is 0 Å². The van der Waals surface area contributed by atoms with Gasteiger partial charge < -0.3 is 15.6 Å². The minimum Gasteiger partial charge on any atom is -0.362 e. The van der Waals surface area contributed by atoms with E-state index in [1.807, 2.05) is 24.3 Å². The van der Waals surface area contributed by atoms with Crippen molar-refractivity contribution in [1.29, 1.82) is 0 Å². The Morgan fingerprint density at radius 2 is 1.76 bits per heavy atom. The molecule has 0 radical (unpaired) electrons. The van der Waals surface area contributed by atoms with Gasteiger partial charge in [-0.3, -0.25) is 0 Å². The van der Waals surface area contributed by atoms with Crippen molar-refractivity contribution in [2.45, 2.75) is 6.42 Å². The monoisotopic (exact) mass is 346 g/mol. The molecule has 0 spiro atoms. The molecule has 0 bridgehead atoms. The molecular formula is C20H18N4S. The van der Waals surface area contributed by atoms with Gasteiger partial charge in [-0.25, -0.2) is 4.98 Å². The number of nitrogens with zero attached hydrogens (tertiary/aromatic N) is 1. The third-order valence-corrected chi connectivity index (χ3v) is 4.38. The van der Waals surface area contributed by atoms with E-state index in [9.17, 15) is 0 Å². The second-order valence-electron chi connectivity index (χ2n) is 5.91.